The Labute approximate surface area is 138 Å². The first-order valence-electron chi connectivity index (χ1n) is 7.05. The molecule has 2 heterocycles. The summed E-state index contributed by atoms with van der Waals surface area (Å²) in [5, 5.41) is 11.1. The number of aromatic nitrogens is 1. The number of rotatable bonds is 3. The van der Waals surface area contributed by atoms with E-state index in [1.807, 2.05) is 18.2 Å². The fourth-order valence-corrected chi connectivity index (χ4v) is 2.80. The Morgan fingerprint density at radius 2 is 2.17 bits per heavy atom. The van der Waals surface area contributed by atoms with Gasteiger partial charge in [0.2, 0.25) is 5.88 Å². The van der Waals surface area contributed by atoms with Crippen molar-refractivity contribution in [3.05, 3.63) is 50.7 Å². The number of ether oxygens (including phenoxy) is 2. The quantitative estimate of drug-likeness (QED) is 0.613. The van der Waals surface area contributed by atoms with E-state index in [9.17, 15) is 10.1 Å². The van der Waals surface area contributed by atoms with E-state index in [2.05, 4.69) is 18.8 Å². The first-order chi connectivity index (χ1) is 10.8. The number of halogens is 1. The van der Waals surface area contributed by atoms with Crippen LogP contribution < -0.4 is 9.47 Å². The Morgan fingerprint density at radius 3 is 2.87 bits per heavy atom. The summed E-state index contributed by atoms with van der Waals surface area (Å²) < 4.78 is 11.5. The van der Waals surface area contributed by atoms with Crippen LogP contribution in [0, 0.1) is 17.0 Å². The van der Waals surface area contributed by atoms with Crippen LogP contribution in [0.15, 0.2) is 24.4 Å². The second-order valence-corrected chi connectivity index (χ2v) is 6.43. The predicted octanol–water partition coefficient (Wildman–Crippen LogP) is 4.41. The van der Waals surface area contributed by atoms with Crippen LogP contribution in [0.1, 0.15) is 25.0 Å². The van der Waals surface area contributed by atoms with Gasteiger partial charge in [0.15, 0.2) is 0 Å². The molecule has 1 aliphatic rings. The molecule has 7 heteroatoms. The highest BCUT2D eigenvalue weighted by Gasteiger charge is 2.35. The Kier molecular flexibility index (Phi) is 3.64. The lowest BCUT2D eigenvalue weighted by Gasteiger charge is -2.19. The zero-order chi connectivity index (χ0) is 16.8. The van der Waals surface area contributed by atoms with Gasteiger partial charge in [-0.25, -0.2) is 4.98 Å². The van der Waals surface area contributed by atoms with E-state index in [4.69, 9.17) is 21.1 Å². The molecule has 1 aromatic heterocycles. The van der Waals surface area contributed by atoms with Crippen LogP contribution in [0.2, 0.25) is 5.02 Å². The second kappa shape index (κ2) is 5.38. The first kappa shape index (κ1) is 15.6. The maximum Gasteiger partial charge on any atom is 0.292 e. The van der Waals surface area contributed by atoms with E-state index in [1.165, 1.54) is 0 Å². The molecule has 0 N–H and O–H groups in total. The largest absolute Gasteiger partial charge is 0.492 e. The molecule has 3 rings (SSSR count). The topological polar surface area (TPSA) is 74.5 Å². The number of fused-ring (bicyclic) bond motifs is 1. The fourth-order valence-electron chi connectivity index (χ4n) is 2.62. The summed E-state index contributed by atoms with van der Waals surface area (Å²) in [5.41, 5.74) is 0.928. The molecule has 0 amide bonds. The number of hydrogen-bond acceptors (Lipinski definition) is 5. The van der Waals surface area contributed by atoms with Crippen molar-refractivity contribution in [3.63, 3.8) is 0 Å². The Bertz CT molecular complexity index is 805. The van der Waals surface area contributed by atoms with Crippen molar-refractivity contribution < 1.29 is 14.4 Å². The SMILES string of the molecule is Cc1c([N+](=O)[O-])cnc(Oc2cccc3c2C(C)(C)CO3)c1Cl. The lowest BCUT2D eigenvalue weighted by Crippen LogP contribution is -2.19. The van der Waals surface area contributed by atoms with Crippen molar-refractivity contribution >= 4 is 17.3 Å². The molecule has 2 aromatic rings. The standard InChI is InChI=1S/C16H15ClN2O4/c1-9-10(19(20)21)7-18-15(14(9)17)23-12-6-4-5-11-13(12)16(2,3)8-22-11/h4-7H,8H2,1-3H3. The molecule has 6 nitrogen and oxygen atoms in total. The van der Waals surface area contributed by atoms with Crippen molar-refractivity contribution in [2.75, 3.05) is 6.61 Å². The second-order valence-electron chi connectivity index (χ2n) is 6.05. The molecular weight excluding hydrogens is 320 g/mol. The van der Waals surface area contributed by atoms with E-state index in [0.717, 1.165) is 17.5 Å². The third-order valence-electron chi connectivity index (χ3n) is 3.86. The van der Waals surface area contributed by atoms with Crippen LogP contribution in [-0.2, 0) is 5.41 Å². The number of pyridine rings is 1. The molecule has 23 heavy (non-hydrogen) atoms. The highest BCUT2D eigenvalue weighted by molar-refractivity contribution is 6.32. The van der Waals surface area contributed by atoms with Crippen LogP contribution in [0.5, 0.6) is 17.4 Å². The predicted molar refractivity (Wildman–Crippen MR) is 85.7 cm³/mol. The van der Waals surface area contributed by atoms with E-state index in [-0.39, 0.29) is 22.0 Å². The van der Waals surface area contributed by atoms with Crippen molar-refractivity contribution in [1.82, 2.24) is 4.98 Å². The van der Waals surface area contributed by atoms with Crippen molar-refractivity contribution in [2.24, 2.45) is 0 Å². The average Bonchev–Trinajstić information content (AvgIpc) is 2.80. The summed E-state index contributed by atoms with van der Waals surface area (Å²) in [6.45, 7) is 6.24. The van der Waals surface area contributed by atoms with Crippen molar-refractivity contribution in [3.8, 4) is 17.4 Å². The zero-order valence-corrected chi connectivity index (χ0v) is 13.7. The van der Waals surface area contributed by atoms with Gasteiger partial charge in [-0.2, -0.15) is 0 Å². The van der Waals surface area contributed by atoms with Crippen LogP contribution in [0.3, 0.4) is 0 Å². The highest BCUT2D eigenvalue weighted by Crippen LogP contribution is 2.46. The van der Waals surface area contributed by atoms with Gasteiger partial charge in [-0.3, -0.25) is 10.1 Å². The molecular formula is C16H15ClN2O4. The summed E-state index contributed by atoms with van der Waals surface area (Å²) in [6.07, 6.45) is 1.15. The maximum atomic E-state index is 10.9. The van der Waals surface area contributed by atoms with Gasteiger partial charge in [-0.05, 0) is 19.1 Å². The molecule has 1 aliphatic heterocycles. The number of benzene rings is 1. The number of hydrogen-bond donors (Lipinski definition) is 0. The summed E-state index contributed by atoms with van der Waals surface area (Å²) in [7, 11) is 0. The molecule has 0 bridgehead atoms. The van der Waals surface area contributed by atoms with Gasteiger partial charge in [-0.1, -0.05) is 31.5 Å². The molecule has 120 valence electrons. The number of nitro groups is 1. The van der Waals surface area contributed by atoms with E-state index in [1.54, 1.807) is 6.92 Å². The molecule has 0 fully saturated rings. The van der Waals surface area contributed by atoms with Crippen LogP contribution in [0.25, 0.3) is 0 Å². The normalized spacial score (nSPS) is 15.0. The van der Waals surface area contributed by atoms with E-state index >= 15 is 0 Å². The molecule has 0 unspecified atom stereocenters. The maximum absolute atomic E-state index is 10.9. The minimum atomic E-state index is -0.519. The molecule has 0 atom stereocenters. The molecule has 0 radical (unpaired) electrons. The highest BCUT2D eigenvalue weighted by atomic mass is 35.5. The monoisotopic (exact) mass is 334 g/mol. The van der Waals surface area contributed by atoms with E-state index < -0.39 is 4.92 Å². The van der Waals surface area contributed by atoms with Crippen molar-refractivity contribution in [2.45, 2.75) is 26.2 Å². The third kappa shape index (κ3) is 2.59. The lowest BCUT2D eigenvalue weighted by atomic mass is 9.86. The van der Waals surface area contributed by atoms with Crippen molar-refractivity contribution in [1.29, 1.82) is 0 Å². The Hall–Kier alpha value is -2.34. The Morgan fingerprint density at radius 1 is 1.43 bits per heavy atom. The summed E-state index contributed by atoms with van der Waals surface area (Å²) in [4.78, 5) is 14.4. The average molecular weight is 335 g/mol. The first-order valence-corrected chi connectivity index (χ1v) is 7.42. The molecule has 0 spiro atoms. The molecule has 0 saturated carbocycles. The van der Waals surface area contributed by atoms with Gasteiger partial charge >= 0.3 is 0 Å². The fraction of sp³-hybridized carbons (Fsp3) is 0.312. The molecule has 0 saturated heterocycles. The minimum absolute atomic E-state index is 0.133. The summed E-state index contributed by atoms with van der Waals surface area (Å²) in [6, 6.07) is 5.51. The van der Waals surface area contributed by atoms with Gasteiger partial charge < -0.3 is 9.47 Å². The van der Waals surface area contributed by atoms with Gasteiger partial charge in [0.05, 0.1) is 17.1 Å². The van der Waals surface area contributed by atoms with Crippen LogP contribution in [0.4, 0.5) is 5.69 Å². The van der Waals surface area contributed by atoms with Gasteiger partial charge in [-0.15, -0.1) is 0 Å². The van der Waals surface area contributed by atoms with Gasteiger partial charge in [0.1, 0.15) is 22.7 Å². The smallest absolute Gasteiger partial charge is 0.292 e. The van der Waals surface area contributed by atoms with Gasteiger partial charge in [0, 0.05) is 11.0 Å². The minimum Gasteiger partial charge on any atom is -0.492 e. The molecule has 0 aliphatic carbocycles. The molecule has 1 aromatic carbocycles. The van der Waals surface area contributed by atoms with E-state index in [0.29, 0.717) is 17.9 Å². The lowest BCUT2D eigenvalue weighted by molar-refractivity contribution is -0.385. The van der Waals surface area contributed by atoms with Crippen LogP contribution >= 0.6 is 11.6 Å². The summed E-state index contributed by atoms with van der Waals surface area (Å²) in [5.74, 6) is 1.50. The summed E-state index contributed by atoms with van der Waals surface area (Å²) >= 11 is 6.19. The zero-order valence-electron chi connectivity index (χ0n) is 12.9. The third-order valence-corrected chi connectivity index (χ3v) is 4.31. The van der Waals surface area contributed by atoms with Crippen LogP contribution in [-0.4, -0.2) is 16.5 Å². The van der Waals surface area contributed by atoms with Gasteiger partial charge in [0.25, 0.3) is 5.69 Å². The number of nitrogens with zero attached hydrogens (tertiary/aromatic N) is 2. The Balaban J connectivity index is 2.04.